The Balaban J connectivity index is 1.23. The van der Waals surface area contributed by atoms with Crippen LogP contribution < -0.4 is 0 Å². The normalized spacial score (nSPS) is 11.8. The van der Waals surface area contributed by atoms with Crippen LogP contribution in [0.1, 0.15) is 0 Å². The molecule has 0 aliphatic carbocycles. The van der Waals surface area contributed by atoms with Crippen LogP contribution in [0.4, 0.5) is 0 Å². The molecule has 11 aromatic rings. The molecule has 0 amide bonds. The van der Waals surface area contributed by atoms with Gasteiger partial charge in [0, 0.05) is 27.2 Å². The highest BCUT2D eigenvalue weighted by Crippen LogP contribution is 2.48. The van der Waals surface area contributed by atoms with Crippen molar-refractivity contribution < 1.29 is 4.42 Å². The molecule has 2 heteroatoms. The molecule has 0 unspecified atom stereocenters. The van der Waals surface area contributed by atoms with Gasteiger partial charge in [0.1, 0.15) is 11.2 Å². The average Bonchev–Trinajstić information content (AvgIpc) is 3.76. The van der Waals surface area contributed by atoms with E-state index in [4.69, 9.17) is 4.42 Å². The van der Waals surface area contributed by atoms with Crippen LogP contribution in [0.3, 0.4) is 0 Å². The Morgan fingerprint density at radius 3 is 1.50 bits per heavy atom. The van der Waals surface area contributed by atoms with E-state index in [9.17, 15) is 0 Å². The zero-order chi connectivity index (χ0) is 34.2. The minimum Gasteiger partial charge on any atom is -0.456 e. The van der Waals surface area contributed by atoms with Crippen molar-refractivity contribution in [3.8, 4) is 39.1 Å². The zero-order valence-electron chi connectivity index (χ0n) is 28.3. The fourth-order valence-corrected chi connectivity index (χ4v) is 8.58. The summed E-state index contributed by atoms with van der Waals surface area (Å²) in [4.78, 5) is 0. The Labute approximate surface area is 300 Å². The van der Waals surface area contributed by atoms with Crippen LogP contribution in [0.15, 0.2) is 192 Å². The molecule has 0 atom stereocenters. The van der Waals surface area contributed by atoms with Gasteiger partial charge in [-0.1, -0.05) is 146 Å². The second-order valence-corrected chi connectivity index (χ2v) is 13.6. The van der Waals surface area contributed by atoms with E-state index in [0.29, 0.717) is 0 Å². The van der Waals surface area contributed by atoms with Crippen molar-refractivity contribution in [2.45, 2.75) is 0 Å². The standard InChI is InChI=1S/C50H31NO/c1-2-15-32(16-3-1)48-38-21-4-6-23-40(38)49(41-24-7-5-22-39(41)48)43-30-34(31-47-50(43)42-25-10-13-28-46(42)52-47)33-17-14-18-35(29-33)51-44-26-11-8-19-36(44)37-20-9-12-27-45(37)51/h1-31H. The second-order valence-electron chi connectivity index (χ2n) is 13.6. The largest absolute Gasteiger partial charge is 0.456 e. The molecule has 0 aliphatic heterocycles. The molecule has 242 valence electrons. The molecule has 0 aliphatic rings. The monoisotopic (exact) mass is 661 g/mol. The number of fused-ring (bicyclic) bond motifs is 8. The van der Waals surface area contributed by atoms with Crippen molar-refractivity contribution in [1.82, 2.24) is 4.57 Å². The molecule has 0 N–H and O–H groups in total. The highest BCUT2D eigenvalue weighted by atomic mass is 16.3. The molecule has 2 nitrogen and oxygen atoms in total. The van der Waals surface area contributed by atoms with Crippen LogP contribution in [0.25, 0.3) is 104 Å². The lowest BCUT2D eigenvalue weighted by atomic mass is 9.84. The predicted molar refractivity (Wildman–Crippen MR) is 219 cm³/mol. The molecular weight excluding hydrogens is 631 g/mol. The first-order valence-electron chi connectivity index (χ1n) is 17.9. The quantitative estimate of drug-likeness (QED) is 0.172. The molecule has 52 heavy (non-hydrogen) atoms. The summed E-state index contributed by atoms with van der Waals surface area (Å²) in [7, 11) is 0. The van der Waals surface area contributed by atoms with E-state index in [1.165, 1.54) is 65.6 Å². The van der Waals surface area contributed by atoms with Gasteiger partial charge in [-0.3, -0.25) is 0 Å². The van der Waals surface area contributed by atoms with Crippen molar-refractivity contribution in [2.75, 3.05) is 0 Å². The van der Waals surface area contributed by atoms with E-state index in [2.05, 4.69) is 193 Å². The molecule has 0 fully saturated rings. The summed E-state index contributed by atoms with van der Waals surface area (Å²) in [5, 5.41) is 9.70. The maximum atomic E-state index is 6.71. The lowest BCUT2D eigenvalue weighted by Gasteiger charge is -2.19. The summed E-state index contributed by atoms with van der Waals surface area (Å²) < 4.78 is 9.09. The lowest BCUT2D eigenvalue weighted by molar-refractivity contribution is 0.669. The van der Waals surface area contributed by atoms with Gasteiger partial charge in [-0.15, -0.1) is 0 Å². The molecule has 0 radical (unpaired) electrons. The third-order valence-corrected chi connectivity index (χ3v) is 10.8. The second kappa shape index (κ2) is 11.3. The van der Waals surface area contributed by atoms with Crippen molar-refractivity contribution in [3.05, 3.63) is 188 Å². The van der Waals surface area contributed by atoms with Crippen LogP contribution in [0.2, 0.25) is 0 Å². The average molecular weight is 662 g/mol. The van der Waals surface area contributed by atoms with Gasteiger partial charge in [-0.05, 0) is 97.4 Å². The fourth-order valence-electron chi connectivity index (χ4n) is 8.58. The van der Waals surface area contributed by atoms with Gasteiger partial charge in [-0.2, -0.15) is 0 Å². The maximum Gasteiger partial charge on any atom is 0.136 e. The third kappa shape index (κ3) is 4.25. The van der Waals surface area contributed by atoms with Crippen LogP contribution in [-0.4, -0.2) is 4.57 Å². The van der Waals surface area contributed by atoms with E-state index >= 15 is 0 Å². The zero-order valence-corrected chi connectivity index (χ0v) is 28.3. The molecule has 0 saturated carbocycles. The van der Waals surface area contributed by atoms with Gasteiger partial charge in [0.25, 0.3) is 0 Å². The van der Waals surface area contributed by atoms with Gasteiger partial charge < -0.3 is 8.98 Å². The van der Waals surface area contributed by atoms with Gasteiger partial charge in [0.15, 0.2) is 0 Å². The predicted octanol–water partition coefficient (Wildman–Crippen LogP) is 14.0. The van der Waals surface area contributed by atoms with E-state index < -0.39 is 0 Å². The molecule has 0 spiro atoms. The van der Waals surface area contributed by atoms with Crippen molar-refractivity contribution >= 4 is 65.3 Å². The van der Waals surface area contributed by atoms with Gasteiger partial charge >= 0.3 is 0 Å². The minimum absolute atomic E-state index is 0.885. The summed E-state index contributed by atoms with van der Waals surface area (Å²) in [6, 6.07) is 67.9. The number of hydrogen-bond acceptors (Lipinski definition) is 1. The number of rotatable bonds is 4. The first kappa shape index (κ1) is 28.9. The highest BCUT2D eigenvalue weighted by Gasteiger charge is 2.22. The van der Waals surface area contributed by atoms with Gasteiger partial charge in [-0.25, -0.2) is 0 Å². The molecule has 0 saturated heterocycles. The Morgan fingerprint density at radius 2 is 0.846 bits per heavy atom. The number of benzene rings is 9. The van der Waals surface area contributed by atoms with Crippen LogP contribution in [0, 0.1) is 0 Å². The molecule has 11 rings (SSSR count). The van der Waals surface area contributed by atoms with E-state index in [-0.39, 0.29) is 0 Å². The smallest absolute Gasteiger partial charge is 0.136 e. The minimum atomic E-state index is 0.885. The summed E-state index contributed by atoms with van der Waals surface area (Å²) in [5.74, 6) is 0. The highest BCUT2D eigenvalue weighted by molar-refractivity contribution is 6.26. The summed E-state index contributed by atoms with van der Waals surface area (Å²) in [5.41, 5.74) is 12.4. The van der Waals surface area contributed by atoms with E-state index in [1.54, 1.807) is 0 Å². The van der Waals surface area contributed by atoms with Crippen molar-refractivity contribution in [1.29, 1.82) is 0 Å². The molecule has 2 aromatic heterocycles. The van der Waals surface area contributed by atoms with E-state index in [0.717, 1.165) is 38.8 Å². The maximum absolute atomic E-state index is 6.71. The molecule has 0 bridgehead atoms. The van der Waals surface area contributed by atoms with Crippen molar-refractivity contribution in [3.63, 3.8) is 0 Å². The topological polar surface area (TPSA) is 18.1 Å². The molecular formula is C50H31NO. The Morgan fingerprint density at radius 1 is 0.327 bits per heavy atom. The number of hydrogen-bond donors (Lipinski definition) is 0. The number of aromatic nitrogens is 1. The Hall–Kier alpha value is -6.90. The van der Waals surface area contributed by atoms with E-state index in [1.807, 2.05) is 0 Å². The van der Waals surface area contributed by atoms with Gasteiger partial charge in [0.05, 0.1) is 11.0 Å². The summed E-state index contributed by atoms with van der Waals surface area (Å²) in [6.45, 7) is 0. The first-order chi connectivity index (χ1) is 25.8. The van der Waals surface area contributed by atoms with Crippen molar-refractivity contribution in [2.24, 2.45) is 0 Å². The fraction of sp³-hybridized carbons (Fsp3) is 0. The molecule has 9 aromatic carbocycles. The van der Waals surface area contributed by atoms with Crippen LogP contribution in [-0.2, 0) is 0 Å². The Kier molecular flexibility index (Phi) is 6.28. The van der Waals surface area contributed by atoms with Gasteiger partial charge in [0.2, 0.25) is 0 Å². The van der Waals surface area contributed by atoms with Crippen LogP contribution in [0.5, 0.6) is 0 Å². The summed E-state index contributed by atoms with van der Waals surface area (Å²) >= 11 is 0. The number of nitrogens with zero attached hydrogens (tertiary/aromatic N) is 1. The number of para-hydroxylation sites is 3. The Bertz CT molecular complexity index is 3070. The first-order valence-corrected chi connectivity index (χ1v) is 17.9. The molecule has 2 heterocycles. The SMILES string of the molecule is c1ccc(-c2c3ccccc3c(-c3cc(-c4cccc(-n5c6ccccc6c6ccccc65)c4)cc4oc5ccccc5c34)c3ccccc23)cc1. The third-order valence-electron chi connectivity index (χ3n) is 10.8. The summed E-state index contributed by atoms with van der Waals surface area (Å²) in [6.07, 6.45) is 0. The lowest BCUT2D eigenvalue weighted by Crippen LogP contribution is -1.94. The van der Waals surface area contributed by atoms with Crippen LogP contribution >= 0.6 is 0 Å². The number of furan rings is 1.